The fraction of sp³-hybridized carbons (Fsp3) is 0.800. The van der Waals surface area contributed by atoms with Crippen molar-refractivity contribution in [2.24, 2.45) is 4.99 Å². The Morgan fingerprint density at radius 3 is 2.59 bits per heavy atom. The lowest BCUT2D eigenvalue weighted by Crippen LogP contribution is -2.43. The number of rotatable bonds is 4. The van der Waals surface area contributed by atoms with Gasteiger partial charge in [0.1, 0.15) is 5.54 Å². The van der Waals surface area contributed by atoms with E-state index in [0.29, 0.717) is 12.5 Å². The van der Waals surface area contributed by atoms with E-state index in [1.54, 1.807) is 13.8 Å². The third-order valence-corrected chi connectivity index (χ3v) is 2.58. The molecule has 7 heteroatoms. The highest BCUT2D eigenvalue weighted by Gasteiger charge is 2.41. The first kappa shape index (κ1) is 13.8. The van der Waals surface area contributed by atoms with Crippen LogP contribution >= 0.6 is 0 Å². The van der Waals surface area contributed by atoms with Gasteiger partial charge in [-0.05, 0) is 26.7 Å². The molecule has 4 nitrogen and oxygen atoms in total. The van der Waals surface area contributed by atoms with Gasteiger partial charge in [-0.2, -0.15) is 13.2 Å². The smallest absolute Gasteiger partial charge is 0.342 e. The Bertz CT molecular complexity index is 327. The molecule has 0 saturated carbocycles. The Labute approximate surface area is 97.7 Å². The zero-order chi connectivity index (χ0) is 13.1. The Kier molecular flexibility index (Phi) is 4.00. The molecule has 1 fully saturated rings. The molecule has 1 saturated heterocycles. The highest BCUT2D eigenvalue weighted by Crippen LogP contribution is 2.26. The fourth-order valence-corrected chi connectivity index (χ4v) is 1.65. The van der Waals surface area contributed by atoms with Crippen LogP contribution in [-0.4, -0.2) is 30.1 Å². The highest BCUT2D eigenvalue weighted by atomic mass is 19.4. The Balaban J connectivity index is 2.52. The standard InChI is InChI=1S/C10H16F3N3O/c1-3-14-8-15-7(17)9(2,16-8)5-4-6-10(11,12)13/h3-6H2,1-2H3,(H2,14,15,16,17). The molecule has 0 bridgehead atoms. The lowest BCUT2D eigenvalue weighted by Gasteiger charge is -2.21. The summed E-state index contributed by atoms with van der Waals surface area (Å²) in [6.07, 6.45) is -5.01. The quantitative estimate of drug-likeness (QED) is 0.797. The first-order valence-electron chi connectivity index (χ1n) is 5.48. The normalized spacial score (nSPS) is 27.1. The number of nitrogens with one attached hydrogen (secondary N) is 2. The summed E-state index contributed by atoms with van der Waals surface area (Å²) in [5.41, 5.74) is -0.987. The highest BCUT2D eigenvalue weighted by molar-refractivity contribution is 6.08. The number of hydrogen-bond acceptors (Lipinski definition) is 2. The maximum Gasteiger partial charge on any atom is 0.389 e. The lowest BCUT2D eigenvalue weighted by atomic mass is 9.95. The minimum absolute atomic E-state index is 0.0835. The number of amides is 1. The summed E-state index contributed by atoms with van der Waals surface area (Å²) < 4.78 is 36.0. The van der Waals surface area contributed by atoms with Crippen LogP contribution in [0.5, 0.6) is 0 Å². The van der Waals surface area contributed by atoms with Crippen LogP contribution in [0.2, 0.25) is 0 Å². The third-order valence-electron chi connectivity index (χ3n) is 2.58. The molecule has 1 rings (SSSR count). The van der Waals surface area contributed by atoms with Crippen LogP contribution in [0, 0.1) is 0 Å². The SMILES string of the molecule is CCN=C1NC(=O)C(C)(CCCC(F)(F)F)N1. The van der Waals surface area contributed by atoms with Crippen LogP contribution in [0.1, 0.15) is 33.1 Å². The van der Waals surface area contributed by atoms with Gasteiger partial charge < -0.3 is 5.32 Å². The van der Waals surface area contributed by atoms with E-state index in [9.17, 15) is 18.0 Å². The molecule has 1 atom stereocenters. The fourth-order valence-electron chi connectivity index (χ4n) is 1.65. The molecule has 2 N–H and O–H groups in total. The van der Waals surface area contributed by atoms with Crippen LogP contribution in [0.25, 0.3) is 0 Å². The second-order valence-corrected chi connectivity index (χ2v) is 4.20. The molecule has 0 aliphatic carbocycles. The molecule has 1 aliphatic heterocycles. The van der Waals surface area contributed by atoms with Crippen molar-refractivity contribution in [3.8, 4) is 0 Å². The number of alkyl halides is 3. The summed E-state index contributed by atoms with van der Waals surface area (Å²) in [5.74, 6) is 0.0129. The van der Waals surface area contributed by atoms with Gasteiger partial charge in [-0.25, -0.2) is 0 Å². The zero-order valence-electron chi connectivity index (χ0n) is 9.82. The monoisotopic (exact) mass is 251 g/mol. The minimum Gasteiger partial charge on any atom is -0.342 e. The van der Waals surface area contributed by atoms with E-state index < -0.39 is 18.1 Å². The lowest BCUT2D eigenvalue weighted by molar-refractivity contribution is -0.137. The molecule has 1 amide bonds. The summed E-state index contributed by atoms with van der Waals surface area (Å²) in [6, 6.07) is 0. The molecule has 98 valence electrons. The maximum absolute atomic E-state index is 12.0. The molecule has 0 aromatic heterocycles. The number of guanidine groups is 1. The van der Waals surface area contributed by atoms with E-state index in [2.05, 4.69) is 15.6 Å². The number of carbonyl (C=O) groups excluding carboxylic acids is 1. The molecule has 1 aliphatic rings. The van der Waals surface area contributed by atoms with Gasteiger partial charge in [-0.3, -0.25) is 15.1 Å². The molecule has 0 aromatic carbocycles. The van der Waals surface area contributed by atoms with Gasteiger partial charge in [0.05, 0.1) is 0 Å². The number of carbonyl (C=O) groups is 1. The van der Waals surface area contributed by atoms with Gasteiger partial charge in [0.25, 0.3) is 5.91 Å². The van der Waals surface area contributed by atoms with Gasteiger partial charge in [-0.1, -0.05) is 0 Å². The molecular weight excluding hydrogens is 235 g/mol. The maximum atomic E-state index is 12.0. The largest absolute Gasteiger partial charge is 0.389 e. The Hall–Kier alpha value is -1.27. The van der Waals surface area contributed by atoms with E-state index in [-0.39, 0.29) is 18.7 Å². The summed E-state index contributed by atoms with van der Waals surface area (Å²) in [6.45, 7) is 3.89. The van der Waals surface area contributed by atoms with Crippen molar-refractivity contribution < 1.29 is 18.0 Å². The number of nitrogens with zero attached hydrogens (tertiary/aromatic N) is 1. The number of hydrogen-bond donors (Lipinski definition) is 2. The molecule has 0 aromatic rings. The molecule has 1 unspecified atom stereocenters. The van der Waals surface area contributed by atoms with Crippen LogP contribution < -0.4 is 10.6 Å². The second kappa shape index (κ2) is 4.93. The molecule has 17 heavy (non-hydrogen) atoms. The minimum atomic E-state index is -4.17. The summed E-state index contributed by atoms with van der Waals surface area (Å²) in [4.78, 5) is 15.6. The Morgan fingerprint density at radius 1 is 1.41 bits per heavy atom. The van der Waals surface area contributed by atoms with Crippen LogP contribution in [0.15, 0.2) is 4.99 Å². The second-order valence-electron chi connectivity index (χ2n) is 4.20. The van der Waals surface area contributed by atoms with Crippen molar-refractivity contribution in [2.75, 3.05) is 6.54 Å². The predicted octanol–water partition coefficient (Wildman–Crippen LogP) is 1.57. The van der Waals surface area contributed by atoms with E-state index in [0.717, 1.165) is 0 Å². The van der Waals surface area contributed by atoms with Crippen molar-refractivity contribution >= 4 is 11.9 Å². The van der Waals surface area contributed by atoms with Gasteiger partial charge >= 0.3 is 6.18 Å². The van der Waals surface area contributed by atoms with Crippen molar-refractivity contribution in [3.05, 3.63) is 0 Å². The molecule has 0 radical (unpaired) electrons. The van der Waals surface area contributed by atoms with E-state index in [4.69, 9.17) is 0 Å². The third kappa shape index (κ3) is 3.90. The average molecular weight is 251 g/mol. The summed E-state index contributed by atoms with van der Waals surface area (Å²) in [5, 5.41) is 5.34. The van der Waals surface area contributed by atoms with E-state index >= 15 is 0 Å². The van der Waals surface area contributed by atoms with Gasteiger partial charge in [-0.15, -0.1) is 0 Å². The van der Waals surface area contributed by atoms with Crippen LogP contribution in [0.3, 0.4) is 0 Å². The van der Waals surface area contributed by atoms with E-state index in [1.807, 2.05) is 0 Å². The van der Waals surface area contributed by atoms with Crippen LogP contribution in [0.4, 0.5) is 13.2 Å². The summed E-state index contributed by atoms with van der Waals surface area (Å²) in [7, 11) is 0. The number of halogens is 3. The van der Waals surface area contributed by atoms with Crippen molar-refractivity contribution in [2.45, 2.75) is 44.8 Å². The van der Waals surface area contributed by atoms with Crippen molar-refractivity contribution in [1.29, 1.82) is 0 Å². The number of aliphatic imine (C=N–C) groups is 1. The zero-order valence-corrected chi connectivity index (χ0v) is 9.82. The first-order valence-corrected chi connectivity index (χ1v) is 5.48. The summed E-state index contributed by atoms with van der Waals surface area (Å²) >= 11 is 0. The first-order chi connectivity index (χ1) is 7.77. The average Bonchev–Trinajstić information content (AvgIpc) is 2.40. The topological polar surface area (TPSA) is 53.5 Å². The van der Waals surface area contributed by atoms with Crippen molar-refractivity contribution in [1.82, 2.24) is 10.6 Å². The predicted molar refractivity (Wildman–Crippen MR) is 57.6 cm³/mol. The molecule has 1 heterocycles. The van der Waals surface area contributed by atoms with E-state index in [1.165, 1.54) is 0 Å². The molecule has 0 spiro atoms. The van der Waals surface area contributed by atoms with Gasteiger partial charge in [0.15, 0.2) is 5.96 Å². The van der Waals surface area contributed by atoms with Crippen molar-refractivity contribution in [3.63, 3.8) is 0 Å². The Morgan fingerprint density at radius 2 is 2.06 bits per heavy atom. The van der Waals surface area contributed by atoms with Gasteiger partial charge in [0, 0.05) is 13.0 Å². The van der Waals surface area contributed by atoms with Crippen LogP contribution in [-0.2, 0) is 4.79 Å². The molecular formula is C10H16F3N3O. The van der Waals surface area contributed by atoms with Gasteiger partial charge in [0.2, 0.25) is 0 Å².